The summed E-state index contributed by atoms with van der Waals surface area (Å²) in [6, 6.07) is 9.42. The highest BCUT2D eigenvalue weighted by atomic mass is 32.2. The van der Waals surface area contributed by atoms with Crippen molar-refractivity contribution in [2.24, 2.45) is 0 Å². The molecule has 2 heterocycles. The first-order valence-electron chi connectivity index (χ1n) is 10.3. The second-order valence-corrected chi connectivity index (χ2v) is 8.28. The molecule has 34 heavy (non-hydrogen) atoms. The van der Waals surface area contributed by atoms with Crippen molar-refractivity contribution in [3.05, 3.63) is 48.4 Å². The zero-order chi connectivity index (χ0) is 24.7. The predicted molar refractivity (Wildman–Crippen MR) is 126 cm³/mol. The van der Waals surface area contributed by atoms with E-state index in [-0.39, 0.29) is 24.7 Å². The number of carbonyl (C=O) groups excluding carboxylic acids is 1. The molecule has 0 saturated heterocycles. The lowest BCUT2D eigenvalue weighted by atomic mass is 10.1. The van der Waals surface area contributed by atoms with Crippen LogP contribution in [0.25, 0.3) is 22.5 Å². The number of carboxylic acid groups (broad SMARTS) is 1. The molecule has 0 spiro atoms. The van der Waals surface area contributed by atoms with Crippen LogP contribution in [0.2, 0.25) is 0 Å². The van der Waals surface area contributed by atoms with Gasteiger partial charge in [-0.05, 0) is 36.4 Å². The number of imidazole rings is 1. The number of aromatic nitrogens is 3. The van der Waals surface area contributed by atoms with E-state index >= 15 is 0 Å². The molecule has 0 aliphatic heterocycles. The van der Waals surface area contributed by atoms with Crippen molar-refractivity contribution in [1.82, 2.24) is 14.5 Å². The number of anilines is 1. The molecule has 3 rings (SSSR count). The van der Waals surface area contributed by atoms with Gasteiger partial charge < -0.3 is 24.5 Å². The van der Waals surface area contributed by atoms with Gasteiger partial charge in [0, 0.05) is 44.2 Å². The van der Waals surface area contributed by atoms with Crippen LogP contribution >= 0.6 is 11.8 Å². The Labute approximate surface area is 200 Å². The van der Waals surface area contributed by atoms with Crippen LogP contribution in [0.4, 0.5) is 10.2 Å². The summed E-state index contributed by atoms with van der Waals surface area (Å²) in [5.41, 5.74) is 2.59. The van der Waals surface area contributed by atoms with E-state index in [2.05, 4.69) is 10.3 Å². The van der Waals surface area contributed by atoms with Crippen molar-refractivity contribution in [1.29, 1.82) is 0 Å². The molecule has 0 aliphatic carbocycles. The summed E-state index contributed by atoms with van der Waals surface area (Å²) >= 11 is 1.28. The van der Waals surface area contributed by atoms with Gasteiger partial charge in [0.2, 0.25) is 5.91 Å². The number of rotatable bonds is 11. The minimum Gasteiger partial charge on any atom is -0.481 e. The molecule has 1 amide bonds. The molecule has 0 radical (unpaired) electrons. The van der Waals surface area contributed by atoms with Gasteiger partial charge in [0.05, 0.1) is 24.4 Å². The third-order valence-electron chi connectivity index (χ3n) is 4.79. The number of carbonyl (C=O) groups is 2. The number of carboxylic acids is 1. The Morgan fingerprint density at radius 2 is 1.88 bits per heavy atom. The van der Waals surface area contributed by atoms with Crippen LogP contribution < -0.4 is 5.32 Å². The second kappa shape index (κ2) is 11.7. The number of pyridine rings is 1. The van der Waals surface area contributed by atoms with Crippen molar-refractivity contribution in [2.75, 3.05) is 25.3 Å². The van der Waals surface area contributed by atoms with E-state index in [1.165, 1.54) is 45.0 Å². The molecule has 2 N–H and O–H groups in total. The fourth-order valence-electron chi connectivity index (χ4n) is 3.26. The molecule has 0 aliphatic rings. The Bertz CT molecular complexity index is 1150. The number of hydrogen-bond donors (Lipinski definition) is 2. The lowest BCUT2D eigenvalue weighted by molar-refractivity contribution is -0.136. The maximum Gasteiger partial charge on any atom is 0.304 e. The summed E-state index contributed by atoms with van der Waals surface area (Å²) in [4.78, 5) is 31.6. The fourth-order valence-corrected chi connectivity index (χ4v) is 4.20. The molecular weight excluding hydrogens is 463 g/mol. The Morgan fingerprint density at radius 3 is 2.50 bits per heavy atom. The van der Waals surface area contributed by atoms with Crippen molar-refractivity contribution < 1.29 is 28.6 Å². The predicted octanol–water partition coefficient (Wildman–Crippen LogP) is 3.90. The average Bonchev–Trinajstić information content (AvgIpc) is 3.15. The van der Waals surface area contributed by atoms with Crippen LogP contribution in [0.15, 0.2) is 47.8 Å². The van der Waals surface area contributed by atoms with Gasteiger partial charge in [0.25, 0.3) is 0 Å². The first kappa shape index (κ1) is 25.3. The van der Waals surface area contributed by atoms with Crippen LogP contribution in [0.1, 0.15) is 13.3 Å². The van der Waals surface area contributed by atoms with E-state index in [1.54, 1.807) is 30.5 Å². The summed E-state index contributed by atoms with van der Waals surface area (Å²) in [5.74, 6) is -0.896. The van der Waals surface area contributed by atoms with Gasteiger partial charge in [-0.15, -0.1) is 0 Å². The summed E-state index contributed by atoms with van der Waals surface area (Å²) < 4.78 is 26.3. The van der Waals surface area contributed by atoms with E-state index < -0.39 is 12.3 Å². The van der Waals surface area contributed by atoms with Gasteiger partial charge in [0.1, 0.15) is 11.6 Å². The number of ether oxygens (including phenoxy) is 2. The summed E-state index contributed by atoms with van der Waals surface area (Å²) in [6.45, 7) is 1.64. The molecule has 0 saturated carbocycles. The van der Waals surface area contributed by atoms with E-state index in [0.29, 0.717) is 39.2 Å². The van der Waals surface area contributed by atoms with Crippen molar-refractivity contribution in [2.45, 2.75) is 31.3 Å². The Balaban J connectivity index is 2.20. The maximum absolute atomic E-state index is 13.6. The number of aliphatic carboxylic acids is 1. The third kappa shape index (κ3) is 6.40. The normalized spacial score (nSPS) is 11.1. The average molecular weight is 489 g/mol. The highest BCUT2D eigenvalue weighted by Crippen LogP contribution is 2.37. The summed E-state index contributed by atoms with van der Waals surface area (Å²) in [6.07, 6.45) is 0.913. The standard InChI is InChI=1S/C23H25FN4O5S/c1-14(29)26-18-12-16(8-10-25-18)22-21(15-4-6-17(24)7-5-15)27-23(34-11-9-19(30)31)28(22)13-20(32-2)33-3/h4-8,10,12,20H,9,11,13H2,1-3H3,(H,30,31)(H,25,26,29). The molecule has 180 valence electrons. The molecule has 3 aromatic rings. The van der Waals surface area contributed by atoms with Crippen LogP contribution in [-0.2, 0) is 25.6 Å². The number of benzene rings is 1. The van der Waals surface area contributed by atoms with Crippen molar-refractivity contribution >= 4 is 29.5 Å². The molecular formula is C23H25FN4O5S. The molecule has 0 bridgehead atoms. The third-order valence-corrected chi connectivity index (χ3v) is 5.77. The number of hydrogen-bond acceptors (Lipinski definition) is 7. The first-order chi connectivity index (χ1) is 16.3. The zero-order valence-corrected chi connectivity index (χ0v) is 19.8. The van der Waals surface area contributed by atoms with Gasteiger partial charge in [-0.25, -0.2) is 14.4 Å². The van der Waals surface area contributed by atoms with Crippen molar-refractivity contribution in [3.63, 3.8) is 0 Å². The summed E-state index contributed by atoms with van der Waals surface area (Å²) in [7, 11) is 3.04. The molecule has 0 fully saturated rings. The van der Waals surface area contributed by atoms with Gasteiger partial charge in [-0.2, -0.15) is 0 Å². The van der Waals surface area contributed by atoms with E-state index in [1.807, 2.05) is 4.57 Å². The lowest BCUT2D eigenvalue weighted by Crippen LogP contribution is -2.21. The topological polar surface area (TPSA) is 116 Å². The van der Waals surface area contributed by atoms with E-state index in [4.69, 9.17) is 19.6 Å². The number of thioether (sulfide) groups is 1. The number of halogens is 1. The Hall–Kier alpha value is -3.28. The van der Waals surface area contributed by atoms with Crippen LogP contribution in [-0.4, -0.2) is 57.8 Å². The SMILES string of the molecule is COC(Cn1c(SCCC(=O)O)nc(-c2ccc(F)cc2)c1-c1ccnc(NC(C)=O)c1)OC. The van der Waals surface area contributed by atoms with Gasteiger partial charge in [-0.1, -0.05) is 11.8 Å². The molecule has 9 nitrogen and oxygen atoms in total. The maximum atomic E-state index is 13.6. The number of methoxy groups -OCH3 is 2. The molecule has 1 aromatic carbocycles. The summed E-state index contributed by atoms with van der Waals surface area (Å²) in [5, 5.41) is 12.3. The fraction of sp³-hybridized carbons (Fsp3) is 0.304. The molecule has 11 heteroatoms. The highest BCUT2D eigenvalue weighted by Gasteiger charge is 2.23. The smallest absolute Gasteiger partial charge is 0.304 e. The van der Waals surface area contributed by atoms with Crippen LogP contribution in [0.3, 0.4) is 0 Å². The first-order valence-corrected chi connectivity index (χ1v) is 11.3. The van der Waals surface area contributed by atoms with E-state index in [0.717, 1.165) is 0 Å². The monoisotopic (exact) mass is 488 g/mol. The van der Waals surface area contributed by atoms with Gasteiger partial charge >= 0.3 is 5.97 Å². The van der Waals surface area contributed by atoms with Crippen LogP contribution in [0.5, 0.6) is 0 Å². The highest BCUT2D eigenvalue weighted by molar-refractivity contribution is 7.99. The van der Waals surface area contributed by atoms with Gasteiger partial charge in [-0.3, -0.25) is 9.59 Å². The number of nitrogens with zero attached hydrogens (tertiary/aromatic N) is 3. The molecule has 0 atom stereocenters. The quantitative estimate of drug-likeness (QED) is 0.309. The van der Waals surface area contributed by atoms with Crippen LogP contribution in [0, 0.1) is 5.82 Å². The number of amides is 1. The van der Waals surface area contributed by atoms with Gasteiger partial charge in [0.15, 0.2) is 11.4 Å². The lowest BCUT2D eigenvalue weighted by Gasteiger charge is -2.18. The molecule has 2 aromatic heterocycles. The minimum absolute atomic E-state index is 0.0430. The Morgan fingerprint density at radius 1 is 1.18 bits per heavy atom. The number of nitrogens with one attached hydrogen (secondary N) is 1. The Kier molecular flexibility index (Phi) is 8.74. The largest absolute Gasteiger partial charge is 0.481 e. The molecule has 0 unspecified atom stereocenters. The zero-order valence-electron chi connectivity index (χ0n) is 18.9. The second-order valence-electron chi connectivity index (χ2n) is 7.21. The van der Waals surface area contributed by atoms with E-state index in [9.17, 15) is 14.0 Å². The minimum atomic E-state index is -0.912. The van der Waals surface area contributed by atoms with Crippen molar-refractivity contribution in [3.8, 4) is 22.5 Å².